The molecule has 0 amide bonds. The third kappa shape index (κ3) is 4.57. The van der Waals surface area contributed by atoms with Crippen molar-refractivity contribution >= 4 is 22.8 Å². The van der Waals surface area contributed by atoms with E-state index in [1.165, 1.54) is 19.2 Å². The van der Waals surface area contributed by atoms with Gasteiger partial charge >= 0.3 is 12.1 Å². The average molecular weight is 469 g/mol. The summed E-state index contributed by atoms with van der Waals surface area (Å²) < 4.78 is 45.0. The number of alkyl halides is 3. The van der Waals surface area contributed by atoms with Crippen LogP contribution in [0, 0.1) is 0 Å². The van der Waals surface area contributed by atoms with E-state index in [-0.39, 0.29) is 6.54 Å². The number of hydrogen-bond donors (Lipinski definition) is 1. The van der Waals surface area contributed by atoms with Gasteiger partial charge in [0.25, 0.3) is 0 Å². The van der Waals surface area contributed by atoms with Gasteiger partial charge in [-0.2, -0.15) is 18.3 Å². The van der Waals surface area contributed by atoms with Crippen LogP contribution in [0.2, 0.25) is 0 Å². The molecule has 2 aromatic carbocycles. The molecule has 7 nitrogen and oxygen atoms in total. The molecule has 0 aliphatic heterocycles. The predicted octanol–water partition coefficient (Wildman–Crippen LogP) is 5.01. The van der Waals surface area contributed by atoms with Crippen molar-refractivity contribution in [1.29, 1.82) is 0 Å². The molecule has 2 heterocycles. The number of esters is 1. The van der Waals surface area contributed by atoms with Crippen LogP contribution in [-0.2, 0) is 30.9 Å². The zero-order valence-electron chi connectivity index (χ0n) is 18.8. The molecule has 4 aromatic rings. The highest BCUT2D eigenvalue weighted by atomic mass is 19.4. The van der Waals surface area contributed by atoms with Crippen LogP contribution in [-0.4, -0.2) is 32.8 Å². The van der Waals surface area contributed by atoms with Crippen molar-refractivity contribution in [3.63, 3.8) is 0 Å². The van der Waals surface area contributed by atoms with E-state index in [1.807, 2.05) is 6.92 Å². The van der Waals surface area contributed by atoms with Gasteiger partial charge in [-0.05, 0) is 36.2 Å². The van der Waals surface area contributed by atoms with Crippen LogP contribution < -0.4 is 5.32 Å². The molecule has 0 spiro atoms. The topological polar surface area (TPSA) is 81.9 Å². The first-order valence-electron chi connectivity index (χ1n) is 10.5. The Balaban J connectivity index is 1.70. The normalized spacial score (nSPS) is 11.6. The van der Waals surface area contributed by atoms with Gasteiger partial charge in [0, 0.05) is 19.2 Å². The maximum atomic E-state index is 12.9. The van der Waals surface area contributed by atoms with Crippen LogP contribution in [0.1, 0.15) is 34.1 Å². The molecule has 0 fully saturated rings. The second-order valence-electron chi connectivity index (χ2n) is 7.64. The van der Waals surface area contributed by atoms with Crippen LogP contribution in [0.5, 0.6) is 0 Å². The van der Waals surface area contributed by atoms with Crippen LogP contribution in [0.25, 0.3) is 22.4 Å². The molecule has 1 N–H and O–H groups in total. The van der Waals surface area contributed by atoms with Crippen molar-refractivity contribution in [2.75, 3.05) is 12.4 Å². The Morgan fingerprint density at radius 1 is 1.06 bits per heavy atom. The minimum Gasteiger partial charge on any atom is -0.465 e. The number of benzene rings is 2. The summed E-state index contributed by atoms with van der Waals surface area (Å²) in [5.41, 5.74) is 2.49. The summed E-state index contributed by atoms with van der Waals surface area (Å²) in [5.74, 6) is 0.507. The lowest BCUT2D eigenvalue weighted by Crippen LogP contribution is -2.07. The van der Waals surface area contributed by atoms with Gasteiger partial charge in [-0.3, -0.25) is 0 Å². The number of nitrogens with zero attached hydrogens (tertiary/aromatic N) is 4. The Morgan fingerprint density at radius 2 is 1.74 bits per heavy atom. The molecule has 0 saturated heterocycles. The first-order valence-corrected chi connectivity index (χ1v) is 10.5. The minimum atomic E-state index is -4.38. The maximum absolute atomic E-state index is 12.9. The quantitative estimate of drug-likeness (QED) is 0.400. The van der Waals surface area contributed by atoms with Gasteiger partial charge in [0.05, 0.1) is 29.3 Å². The van der Waals surface area contributed by atoms with Gasteiger partial charge in [-0.1, -0.05) is 31.2 Å². The molecule has 176 valence electrons. The van der Waals surface area contributed by atoms with Crippen LogP contribution in [0.15, 0.2) is 48.5 Å². The molecule has 0 saturated carbocycles. The molecule has 10 heteroatoms. The number of methoxy groups -OCH3 is 1. The number of hydrogen-bond acceptors (Lipinski definition) is 6. The number of rotatable bonds is 6. The van der Waals surface area contributed by atoms with Gasteiger partial charge in [0.1, 0.15) is 5.82 Å². The van der Waals surface area contributed by atoms with Crippen molar-refractivity contribution in [2.24, 2.45) is 7.05 Å². The highest BCUT2D eigenvalue weighted by Crippen LogP contribution is 2.30. The molecule has 2 aromatic heterocycles. The third-order valence-electron chi connectivity index (χ3n) is 5.40. The SMILES string of the molecule is CCc1nn(C)c2nc(-c3ccc(C(=O)OC)cc3)nc(NCc3ccc(C(F)(F)F)cc3)c12. The molecule has 0 bridgehead atoms. The summed E-state index contributed by atoms with van der Waals surface area (Å²) in [7, 11) is 3.11. The summed E-state index contributed by atoms with van der Waals surface area (Å²) in [5, 5.41) is 8.53. The molecular formula is C24H22F3N5O2. The second-order valence-corrected chi connectivity index (χ2v) is 7.64. The van der Waals surface area contributed by atoms with Gasteiger partial charge < -0.3 is 10.1 Å². The summed E-state index contributed by atoms with van der Waals surface area (Å²) in [6, 6.07) is 11.7. The van der Waals surface area contributed by atoms with Crippen LogP contribution in [0.4, 0.5) is 19.0 Å². The summed E-state index contributed by atoms with van der Waals surface area (Å²) in [6.07, 6.45) is -3.72. The number of aromatic nitrogens is 4. The van der Waals surface area contributed by atoms with Crippen molar-refractivity contribution in [1.82, 2.24) is 19.7 Å². The molecule has 0 aliphatic rings. The zero-order chi connectivity index (χ0) is 24.5. The van der Waals surface area contributed by atoms with E-state index in [4.69, 9.17) is 4.74 Å². The number of fused-ring (bicyclic) bond motifs is 1. The Kier molecular flexibility index (Phi) is 6.23. The van der Waals surface area contributed by atoms with Crippen molar-refractivity contribution in [3.05, 3.63) is 70.9 Å². The van der Waals surface area contributed by atoms with Crippen LogP contribution in [0.3, 0.4) is 0 Å². The molecule has 4 rings (SSSR count). The summed E-state index contributed by atoms with van der Waals surface area (Å²) in [6.45, 7) is 2.24. The van der Waals surface area contributed by atoms with E-state index < -0.39 is 17.7 Å². The number of halogens is 3. The maximum Gasteiger partial charge on any atom is 0.416 e. The first kappa shape index (κ1) is 23.2. The number of aryl methyl sites for hydroxylation is 2. The first-order chi connectivity index (χ1) is 16.2. The van der Waals surface area contributed by atoms with Gasteiger partial charge in [-0.15, -0.1) is 0 Å². The standard InChI is InChI=1S/C24H22F3N5O2/c1-4-18-19-21(28-13-14-5-11-17(12-6-14)24(25,26)27)29-20(30-22(19)32(2)31-18)15-7-9-16(10-8-15)23(33)34-3/h5-12H,4,13H2,1-3H3,(H,28,29,30). The zero-order valence-corrected chi connectivity index (χ0v) is 18.8. The minimum absolute atomic E-state index is 0.267. The van der Waals surface area contributed by atoms with E-state index in [9.17, 15) is 18.0 Å². The fourth-order valence-corrected chi connectivity index (χ4v) is 3.60. The number of carbonyl (C=O) groups excluding carboxylic acids is 1. The van der Waals surface area contributed by atoms with Gasteiger partial charge in [0.15, 0.2) is 11.5 Å². The Labute approximate surface area is 193 Å². The molecular weight excluding hydrogens is 447 g/mol. The van der Waals surface area contributed by atoms with Crippen molar-refractivity contribution < 1.29 is 22.7 Å². The largest absolute Gasteiger partial charge is 0.465 e. The average Bonchev–Trinajstić information content (AvgIpc) is 3.17. The number of ether oxygens (including phenoxy) is 1. The highest BCUT2D eigenvalue weighted by molar-refractivity contribution is 5.92. The van der Waals surface area contributed by atoms with E-state index in [2.05, 4.69) is 20.4 Å². The van der Waals surface area contributed by atoms with Gasteiger partial charge in [0.2, 0.25) is 0 Å². The predicted molar refractivity (Wildman–Crippen MR) is 121 cm³/mol. The number of nitrogens with one attached hydrogen (secondary N) is 1. The van der Waals surface area contributed by atoms with Gasteiger partial charge in [-0.25, -0.2) is 19.4 Å². The van der Waals surface area contributed by atoms with E-state index in [0.717, 1.165) is 23.2 Å². The number of carbonyl (C=O) groups is 1. The third-order valence-corrected chi connectivity index (χ3v) is 5.40. The summed E-state index contributed by atoms with van der Waals surface area (Å²) >= 11 is 0. The molecule has 0 aliphatic carbocycles. The fraction of sp³-hybridized carbons (Fsp3) is 0.250. The molecule has 0 atom stereocenters. The smallest absolute Gasteiger partial charge is 0.416 e. The Morgan fingerprint density at radius 3 is 2.32 bits per heavy atom. The molecule has 0 unspecified atom stereocenters. The highest BCUT2D eigenvalue weighted by Gasteiger charge is 2.30. The fourth-order valence-electron chi connectivity index (χ4n) is 3.60. The molecule has 34 heavy (non-hydrogen) atoms. The molecule has 0 radical (unpaired) electrons. The Bertz CT molecular complexity index is 1330. The van der Waals surface area contributed by atoms with E-state index in [0.29, 0.717) is 40.4 Å². The second kappa shape index (κ2) is 9.12. The van der Waals surface area contributed by atoms with Crippen molar-refractivity contribution in [3.8, 4) is 11.4 Å². The lowest BCUT2D eigenvalue weighted by atomic mass is 10.1. The van der Waals surface area contributed by atoms with E-state index >= 15 is 0 Å². The van der Waals surface area contributed by atoms with E-state index in [1.54, 1.807) is 36.0 Å². The number of anilines is 1. The lowest BCUT2D eigenvalue weighted by molar-refractivity contribution is -0.137. The monoisotopic (exact) mass is 469 g/mol. The Hall–Kier alpha value is -3.95. The lowest BCUT2D eigenvalue weighted by Gasteiger charge is -2.11. The summed E-state index contributed by atoms with van der Waals surface area (Å²) in [4.78, 5) is 21.1. The van der Waals surface area contributed by atoms with Crippen molar-refractivity contribution in [2.45, 2.75) is 26.1 Å². The van der Waals surface area contributed by atoms with Crippen LogP contribution >= 0.6 is 0 Å².